The second-order valence-electron chi connectivity index (χ2n) is 6.26. The molecular weight excluding hydrogens is 330 g/mol. The van der Waals surface area contributed by atoms with Crippen LogP contribution in [0.25, 0.3) is 0 Å². The first-order valence-electron chi connectivity index (χ1n) is 9.02. The summed E-state index contributed by atoms with van der Waals surface area (Å²) >= 11 is 0. The van der Waals surface area contributed by atoms with E-state index in [1.165, 1.54) is 12.1 Å². The average molecular weight is 357 g/mol. The Labute approximate surface area is 154 Å². The summed E-state index contributed by atoms with van der Waals surface area (Å²) in [6.07, 6.45) is 1.27. The fourth-order valence-electron chi connectivity index (χ4n) is 2.59. The van der Waals surface area contributed by atoms with Crippen molar-refractivity contribution in [2.75, 3.05) is 19.7 Å². The van der Waals surface area contributed by atoms with Crippen LogP contribution in [0.5, 0.6) is 11.5 Å². The lowest BCUT2D eigenvalue weighted by Gasteiger charge is -2.15. The van der Waals surface area contributed by atoms with E-state index in [4.69, 9.17) is 4.74 Å². The van der Waals surface area contributed by atoms with Crippen LogP contribution in [-0.4, -0.2) is 41.8 Å². The summed E-state index contributed by atoms with van der Waals surface area (Å²) in [6.45, 7) is 3.41. The fraction of sp³-hybridized carbons (Fsp3) is 0.381. The van der Waals surface area contributed by atoms with Crippen LogP contribution in [0.3, 0.4) is 0 Å². The number of aliphatic hydroxyl groups excluding tert-OH is 1. The Balaban J connectivity index is 1.96. The third kappa shape index (κ3) is 6.50. The van der Waals surface area contributed by atoms with Crippen molar-refractivity contribution in [2.24, 2.45) is 0 Å². The van der Waals surface area contributed by atoms with Crippen LogP contribution < -0.4 is 10.1 Å². The standard InChI is InChI=1S/C21H27NO4/c1-2-12-22-14-18(24)15-26-21-11-9-17(23)13-19(21)20(25)10-8-16-6-4-3-5-7-16/h3-7,9,11,13,18,22-24H,2,8,10,12,14-15H2,1H3/t18-/m0/s1. The number of phenols is 1. The maximum Gasteiger partial charge on any atom is 0.167 e. The Morgan fingerprint density at radius 2 is 1.96 bits per heavy atom. The van der Waals surface area contributed by atoms with Crippen molar-refractivity contribution in [1.29, 1.82) is 0 Å². The van der Waals surface area contributed by atoms with Gasteiger partial charge in [-0.25, -0.2) is 0 Å². The minimum Gasteiger partial charge on any atom is -0.508 e. The monoisotopic (exact) mass is 357 g/mol. The number of carbonyl (C=O) groups excluding carboxylic acids is 1. The number of ether oxygens (including phenoxy) is 1. The zero-order valence-corrected chi connectivity index (χ0v) is 15.1. The minimum absolute atomic E-state index is 0.0190. The molecule has 0 radical (unpaired) electrons. The van der Waals surface area contributed by atoms with Gasteiger partial charge in [0.05, 0.1) is 5.56 Å². The van der Waals surface area contributed by atoms with Crippen molar-refractivity contribution < 1.29 is 19.7 Å². The molecule has 0 bridgehead atoms. The van der Waals surface area contributed by atoms with Gasteiger partial charge in [-0.2, -0.15) is 0 Å². The number of carbonyl (C=O) groups is 1. The summed E-state index contributed by atoms with van der Waals surface area (Å²) in [5.41, 5.74) is 1.43. The summed E-state index contributed by atoms with van der Waals surface area (Å²) in [7, 11) is 0. The van der Waals surface area contributed by atoms with E-state index < -0.39 is 6.10 Å². The molecule has 2 aromatic carbocycles. The number of hydrogen-bond acceptors (Lipinski definition) is 5. The number of aliphatic hydroxyl groups is 1. The third-order valence-electron chi connectivity index (χ3n) is 3.99. The van der Waals surface area contributed by atoms with Crippen molar-refractivity contribution >= 4 is 5.78 Å². The largest absolute Gasteiger partial charge is 0.508 e. The first-order chi connectivity index (χ1) is 12.6. The van der Waals surface area contributed by atoms with Crippen LogP contribution in [0, 0.1) is 0 Å². The van der Waals surface area contributed by atoms with Gasteiger partial charge in [-0.1, -0.05) is 37.3 Å². The SMILES string of the molecule is CCCNC[C@H](O)COc1ccc(O)cc1C(=O)CCc1ccccc1. The summed E-state index contributed by atoms with van der Waals surface area (Å²) < 4.78 is 5.64. The number of aryl methyl sites for hydroxylation is 1. The summed E-state index contributed by atoms with van der Waals surface area (Å²) in [4.78, 5) is 12.6. The Kier molecular flexibility index (Phi) is 8.12. The molecule has 5 nitrogen and oxygen atoms in total. The van der Waals surface area contributed by atoms with E-state index in [1.807, 2.05) is 30.3 Å². The Bertz CT molecular complexity index is 688. The number of ketones is 1. The molecule has 0 aliphatic carbocycles. The topological polar surface area (TPSA) is 78.8 Å². The highest BCUT2D eigenvalue weighted by Crippen LogP contribution is 2.25. The van der Waals surface area contributed by atoms with Gasteiger partial charge >= 0.3 is 0 Å². The number of Topliss-reactive ketones (excluding diaryl/α,β-unsaturated/α-hetero) is 1. The van der Waals surface area contributed by atoms with Crippen LogP contribution in [0.4, 0.5) is 0 Å². The van der Waals surface area contributed by atoms with Gasteiger partial charge in [0.1, 0.15) is 24.2 Å². The van der Waals surface area contributed by atoms with Gasteiger partial charge in [0.25, 0.3) is 0 Å². The van der Waals surface area contributed by atoms with Crippen molar-refractivity contribution in [3.8, 4) is 11.5 Å². The first kappa shape index (κ1) is 19.9. The van der Waals surface area contributed by atoms with Crippen LogP contribution in [0.1, 0.15) is 35.7 Å². The molecule has 0 fully saturated rings. The summed E-state index contributed by atoms with van der Waals surface area (Å²) in [5.74, 6) is 0.305. The molecule has 0 unspecified atom stereocenters. The highest BCUT2D eigenvalue weighted by atomic mass is 16.5. The van der Waals surface area contributed by atoms with Crippen molar-refractivity contribution in [3.05, 3.63) is 59.7 Å². The number of hydrogen-bond donors (Lipinski definition) is 3. The predicted molar refractivity (Wildman–Crippen MR) is 102 cm³/mol. The van der Waals surface area contributed by atoms with Crippen LogP contribution >= 0.6 is 0 Å². The molecule has 26 heavy (non-hydrogen) atoms. The summed E-state index contributed by atoms with van der Waals surface area (Å²) in [6, 6.07) is 14.2. The van der Waals surface area contributed by atoms with Gasteiger partial charge in [-0.3, -0.25) is 4.79 Å². The summed E-state index contributed by atoms with van der Waals surface area (Å²) in [5, 5.41) is 22.8. The number of rotatable bonds is 11. The second-order valence-corrected chi connectivity index (χ2v) is 6.26. The highest BCUT2D eigenvalue weighted by Gasteiger charge is 2.15. The maximum absolute atomic E-state index is 12.6. The van der Waals surface area contributed by atoms with Gasteiger partial charge in [0.2, 0.25) is 0 Å². The fourth-order valence-corrected chi connectivity index (χ4v) is 2.59. The maximum atomic E-state index is 12.6. The van der Waals surface area contributed by atoms with Gasteiger partial charge in [0, 0.05) is 13.0 Å². The van der Waals surface area contributed by atoms with E-state index >= 15 is 0 Å². The molecule has 5 heteroatoms. The number of aromatic hydroxyl groups is 1. The number of nitrogens with one attached hydrogen (secondary N) is 1. The molecular formula is C21H27NO4. The molecule has 0 aliphatic rings. The molecule has 0 saturated heterocycles. The normalized spacial score (nSPS) is 11.9. The van der Waals surface area contributed by atoms with Crippen LogP contribution in [-0.2, 0) is 6.42 Å². The molecule has 0 aliphatic heterocycles. The third-order valence-corrected chi connectivity index (χ3v) is 3.99. The van der Waals surface area contributed by atoms with Gasteiger partial charge < -0.3 is 20.3 Å². The molecule has 3 N–H and O–H groups in total. The number of benzene rings is 2. The predicted octanol–water partition coefficient (Wildman–Crippen LogP) is 2.95. The molecule has 0 aromatic heterocycles. The van der Waals surface area contributed by atoms with Gasteiger partial charge in [-0.15, -0.1) is 0 Å². The van der Waals surface area contributed by atoms with Gasteiger partial charge in [0.15, 0.2) is 5.78 Å². The van der Waals surface area contributed by atoms with E-state index in [0.717, 1.165) is 18.5 Å². The zero-order chi connectivity index (χ0) is 18.8. The van der Waals surface area contributed by atoms with Crippen LogP contribution in [0.2, 0.25) is 0 Å². The zero-order valence-electron chi connectivity index (χ0n) is 15.1. The average Bonchev–Trinajstić information content (AvgIpc) is 2.66. The molecule has 2 aromatic rings. The molecule has 1 atom stereocenters. The van der Waals surface area contributed by atoms with E-state index in [1.54, 1.807) is 6.07 Å². The molecule has 0 spiro atoms. The molecule has 0 amide bonds. The molecule has 2 rings (SSSR count). The quantitative estimate of drug-likeness (QED) is 0.426. The lowest BCUT2D eigenvalue weighted by molar-refractivity contribution is 0.0950. The smallest absolute Gasteiger partial charge is 0.167 e. The van der Waals surface area contributed by atoms with Crippen molar-refractivity contribution in [1.82, 2.24) is 5.32 Å². The Morgan fingerprint density at radius 1 is 1.19 bits per heavy atom. The Hall–Kier alpha value is -2.37. The molecule has 140 valence electrons. The van der Waals surface area contributed by atoms with Crippen molar-refractivity contribution in [2.45, 2.75) is 32.3 Å². The lowest BCUT2D eigenvalue weighted by atomic mass is 10.0. The molecule has 0 heterocycles. The Morgan fingerprint density at radius 3 is 2.69 bits per heavy atom. The highest BCUT2D eigenvalue weighted by molar-refractivity contribution is 5.99. The van der Waals surface area contributed by atoms with E-state index in [2.05, 4.69) is 12.2 Å². The van der Waals surface area contributed by atoms with E-state index in [-0.39, 0.29) is 18.1 Å². The van der Waals surface area contributed by atoms with Crippen LogP contribution in [0.15, 0.2) is 48.5 Å². The lowest BCUT2D eigenvalue weighted by Crippen LogP contribution is -2.32. The van der Waals surface area contributed by atoms with Crippen molar-refractivity contribution in [3.63, 3.8) is 0 Å². The molecule has 0 saturated carbocycles. The van der Waals surface area contributed by atoms with E-state index in [0.29, 0.717) is 30.7 Å². The first-order valence-corrected chi connectivity index (χ1v) is 9.02. The van der Waals surface area contributed by atoms with Gasteiger partial charge in [-0.05, 0) is 43.1 Å². The van der Waals surface area contributed by atoms with E-state index in [9.17, 15) is 15.0 Å². The number of phenolic OH excluding ortho intramolecular Hbond substituents is 1. The minimum atomic E-state index is -0.664. The second kappa shape index (κ2) is 10.6.